The van der Waals surface area contributed by atoms with Crippen molar-refractivity contribution >= 4 is 45.0 Å². The van der Waals surface area contributed by atoms with E-state index >= 15 is 0 Å². The minimum atomic E-state index is -4.63. The maximum atomic E-state index is 13.4. The van der Waals surface area contributed by atoms with Crippen molar-refractivity contribution in [3.8, 4) is 0 Å². The number of benzene rings is 2. The average Bonchev–Trinajstić information content (AvgIpc) is 2.99. The molecule has 0 fully saturated rings. The standard InChI is InChI=1S/C19H14ClF3N2O3S/c1-2-13(17(27)28)25-14-5-3-4-12(19(21,22)23)15(14)29-18(25)24-16(26)10-6-8-11(20)9-7-10/h3-9,13H,2H2,1H3,(H,27,28)/b24-18-. The SMILES string of the molecule is CCC(C(=O)O)n1/c(=N/C(=O)c2ccc(Cl)cc2)sc2c(C(F)(F)F)cccc21. The molecule has 0 saturated carbocycles. The molecule has 2 aromatic carbocycles. The van der Waals surface area contributed by atoms with Crippen LogP contribution < -0.4 is 4.80 Å². The Bertz CT molecular complexity index is 1150. The highest BCUT2D eigenvalue weighted by Gasteiger charge is 2.34. The van der Waals surface area contributed by atoms with Gasteiger partial charge < -0.3 is 9.67 Å². The number of fused-ring (bicyclic) bond motifs is 1. The number of aromatic nitrogens is 1. The lowest BCUT2D eigenvalue weighted by molar-refractivity contribution is -0.141. The van der Waals surface area contributed by atoms with E-state index in [2.05, 4.69) is 4.99 Å². The van der Waals surface area contributed by atoms with Gasteiger partial charge in [0.15, 0.2) is 4.80 Å². The molecule has 1 heterocycles. The monoisotopic (exact) mass is 442 g/mol. The third-order valence-corrected chi connectivity index (χ3v) is 5.59. The van der Waals surface area contributed by atoms with E-state index in [-0.39, 0.29) is 27.0 Å². The summed E-state index contributed by atoms with van der Waals surface area (Å²) in [6, 6.07) is 8.16. The van der Waals surface area contributed by atoms with Crippen LogP contribution in [0.4, 0.5) is 13.2 Å². The largest absolute Gasteiger partial charge is 0.480 e. The highest BCUT2D eigenvalue weighted by atomic mass is 35.5. The van der Waals surface area contributed by atoms with Gasteiger partial charge in [0.05, 0.1) is 15.8 Å². The summed E-state index contributed by atoms with van der Waals surface area (Å²) in [7, 11) is 0. The second-order valence-corrected chi connectivity index (χ2v) is 7.51. The van der Waals surface area contributed by atoms with Gasteiger partial charge >= 0.3 is 12.1 Å². The van der Waals surface area contributed by atoms with E-state index in [4.69, 9.17) is 11.6 Å². The molecule has 3 rings (SSSR count). The zero-order valence-corrected chi connectivity index (χ0v) is 16.5. The number of carbonyl (C=O) groups is 2. The Morgan fingerprint density at radius 1 is 1.21 bits per heavy atom. The van der Waals surface area contributed by atoms with Crippen LogP contribution in [0.15, 0.2) is 47.5 Å². The summed E-state index contributed by atoms with van der Waals surface area (Å²) in [6.07, 6.45) is -4.54. The van der Waals surface area contributed by atoms with Crippen LogP contribution in [0.25, 0.3) is 10.2 Å². The molecule has 1 N–H and O–H groups in total. The number of alkyl halides is 3. The molecule has 1 unspecified atom stereocenters. The van der Waals surface area contributed by atoms with E-state index in [9.17, 15) is 27.9 Å². The summed E-state index contributed by atoms with van der Waals surface area (Å²) >= 11 is 6.43. The normalized spacial score (nSPS) is 13.6. The number of carboxylic acids is 1. The summed E-state index contributed by atoms with van der Waals surface area (Å²) in [5, 5.41) is 9.97. The highest BCUT2D eigenvalue weighted by molar-refractivity contribution is 7.16. The molecule has 1 atom stereocenters. The zero-order valence-electron chi connectivity index (χ0n) is 14.9. The molecule has 3 aromatic rings. The fraction of sp³-hybridized carbons (Fsp3) is 0.211. The van der Waals surface area contributed by atoms with Gasteiger partial charge in [-0.05, 0) is 42.8 Å². The second kappa shape index (κ2) is 8.00. The first-order valence-corrected chi connectivity index (χ1v) is 9.61. The lowest BCUT2D eigenvalue weighted by atomic mass is 10.1. The molecule has 0 aliphatic carbocycles. The van der Waals surface area contributed by atoms with Gasteiger partial charge in [0, 0.05) is 10.6 Å². The van der Waals surface area contributed by atoms with E-state index in [1.807, 2.05) is 0 Å². The molecule has 1 aromatic heterocycles. The summed E-state index contributed by atoms with van der Waals surface area (Å²) in [5.41, 5.74) is -0.672. The van der Waals surface area contributed by atoms with Gasteiger partial charge in [-0.3, -0.25) is 4.79 Å². The summed E-state index contributed by atoms with van der Waals surface area (Å²) in [4.78, 5) is 28.1. The Labute approximate surface area is 171 Å². The molecule has 152 valence electrons. The number of amides is 1. The number of thiazole rings is 1. The van der Waals surface area contributed by atoms with Gasteiger partial charge in [0.2, 0.25) is 0 Å². The molecule has 0 radical (unpaired) electrons. The van der Waals surface area contributed by atoms with Gasteiger partial charge in [0.1, 0.15) is 6.04 Å². The first-order valence-electron chi connectivity index (χ1n) is 8.42. The smallest absolute Gasteiger partial charge is 0.417 e. The summed E-state index contributed by atoms with van der Waals surface area (Å²) in [6.45, 7) is 1.59. The molecule has 1 amide bonds. The van der Waals surface area contributed by atoms with Gasteiger partial charge in [-0.15, -0.1) is 0 Å². The van der Waals surface area contributed by atoms with E-state index in [1.165, 1.54) is 41.0 Å². The quantitative estimate of drug-likeness (QED) is 0.607. The molecule has 29 heavy (non-hydrogen) atoms. The first kappa shape index (κ1) is 21.1. The molecule has 0 spiro atoms. The van der Waals surface area contributed by atoms with Crippen LogP contribution in [-0.4, -0.2) is 21.6 Å². The number of aliphatic carboxylic acids is 1. The lowest BCUT2D eigenvalue weighted by Gasteiger charge is -2.14. The van der Waals surface area contributed by atoms with Gasteiger partial charge in [0.25, 0.3) is 5.91 Å². The van der Waals surface area contributed by atoms with Crippen LogP contribution in [0.2, 0.25) is 5.02 Å². The van der Waals surface area contributed by atoms with E-state index in [0.29, 0.717) is 16.4 Å². The van der Waals surface area contributed by atoms with Crippen LogP contribution in [0.3, 0.4) is 0 Å². The van der Waals surface area contributed by atoms with Crippen LogP contribution in [-0.2, 0) is 11.0 Å². The maximum absolute atomic E-state index is 13.4. The fourth-order valence-corrected chi connectivity index (χ4v) is 4.20. The van der Waals surface area contributed by atoms with Crippen molar-refractivity contribution in [2.24, 2.45) is 4.99 Å². The van der Waals surface area contributed by atoms with Crippen molar-refractivity contribution < 1.29 is 27.9 Å². The Morgan fingerprint density at radius 2 is 1.86 bits per heavy atom. The second-order valence-electron chi connectivity index (χ2n) is 6.09. The Hall–Kier alpha value is -2.65. The van der Waals surface area contributed by atoms with E-state index in [1.54, 1.807) is 6.92 Å². The minimum absolute atomic E-state index is 0.0572. The predicted molar refractivity (Wildman–Crippen MR) is 103 cm³/mol. The van der Waals surface area contributed by atoms with Crippen molar-refractivity contribution in [2.45, 2.75) is 25.6 Å². The fourth-order valence-electron chi connectivity index (χ4n) is 2.88. The molecule has 0 aliphatic heterocycles. The molecular weight excluding hydrogens is 429 g/mol. The molecule has 0 aliphatic rings. The van der Waals surface area contributed by atoms with E-state index in [0.717, 1.165) is 6.07 Å². The number of halogens is 4. The van der Waals surface area contributed by atoms with Gasteiger partial charge in [-0.25, -0.2) is 4.79 Å². The van der Waals surface area contributed by atoms with Gasteiger partial charge in [-0.1, -0.05) is 35.9 Å². The summed E-state index contributed by atoms with van der Waals surface area (Å²) < 4.78 is 41.3. The van der Waals surface area contributed by atoms with Crippen LogP contribution in [0.1, 0.15) is 35.3 Å². The molecule has 0 saturated heterocycles. The molecule has 10 heteroatoms. The van der Waals surface area contributed by atoms with Crippen molar-refractivity contribution in [1.29, 1.82) is 0 Å². The Balaban J connectivity index is 2.31. The van der Waals surface area contributed by atoms with Crippen LogP contribution in [0, 0.1) is 0 Å². The van der Waals surface area contributed by atoms with Crippen molar-refractivity contribution in [2.75, 3.05) is 0 Å². The Morgan fingerprint density at radius 3 is 2.41 bits per heavy atom. The number of hydrogen-bond acceptors (Lipinski definition) is 3. The van der Waals surface area contributed by atoms with Crippen molar-refractivity contribution in [3.05, 3.63) is 63.4 Å². The highest BCUT2D eigenvalue weighted by Crippen LogP contribution is 2.37. The van der Waals surface area contributed by atoms with Crippen molar-refractivity contribution in [1.82, 2.24) is 4.57 Å². The predicted octanol–water partition coefficient (Wildman–Crippen LogP) is 5.15. The minimum Gasteiger partial charge on any atom is -0.480 e. The number of hydrogen-bond donors (Lipinski definition) is 1. The molecule has 0 bridgehead atoms. The number of carboxylic acid groups (broad SMARTS) is 1. The average molecular weight is 443 g/mol. The van der Waals surface area contributed by atoms with Crippen LogP contribution in [0.5, 0.6) is 0 Å². The number of carbonyl (C=O) groups excluding carboxylic acids is 1. The third kappa shape index (κ3) is 4.20. The van der Waals surface area contributed by atoms with E-state index < -0.39 is 29.7 Å². The molecular formula is C19H14ClF3N2O3S. The zero-order chi connectivity index (χ0) is 21.3. The third-order valence-electron chi connectivity index (χ3n) is 4.23. The molecule has 5 nitrogen and oxygen atoms in total. The first-order chi connectivity index (χ1) is 13.6. The maximum Gasteiger partial charge on any atom is 0.417 e. The summed E-state index contributed by atoms with van der Waals surface area (Å²) in [5.74, 6) is -1.94. The number of rotatable bonds is 4. The van der Waals surface area contributed by atoms with Crippen molar-refractivity contribution in [3.63, 3.8) is 0 Å². The van der Waals surface area contributed by atoms with Crippen LogP contribution >= 0.6 is 22.9 Å². The lowest BCUT2D eigenvalue weighted by Crippen LogP contribution is -2.27. The number of nitrogens with zero attached hydrogens (tertiary/aromatic N) is 2. The van der Waals surface area contributed by atoms with Gasteiger partial charge in [-0.2, -0.15) is 18.2 Å². The topological polar surface area (TPSA) is 71.7 Å². The Kier molecular flexibility index (Phi) is 5.81.